The minimum absolute atomic E-state index is 0.0176. The number of rotatable bonds is 5. The molecule has 0 unspecified atom stereocenters. The number of anilines is 1. The molecule has 0 amide bonds. The van der Waals surface area contributed by atoms with Crippen LogP contribution in [0.3, 0.4) is 0 Å². The number of phenols is 1. The van der Waals surface area contributed by atoms with Gasteiger partial charge in [0.15, 0.2) is 10.9 Å². The van der Waals surface area contributed by atoms with Crippen LogP contribution in [0.2, 0.25) is 0 Å². The summed E-state index contributed by atoms with van der Waals surface area (Å²) in [4.78, 5) is 10.2. The van der Waals surface area contributed by atoms with Crippen LogP contribution in [0.15, 0.2) is 41.5 Å². The number of phenolic OH excluding ortho intramolecular Hbond substituents is 1. The molecule has 0 spiro atoms. The van der Waals surface area contributed by atoms with Crippen LogP contribution < -0.4 is 15.5 Å². The van der Waals surface area contributed by atoms with E-state index in [1.165, 1.54) is 25.5 Å². The Balaban J connectivity index is 2.06. The van der Waals surface area contributed by atoms with Gasteiger partial charge in [0, 0.05) is 17.3 Å². The lowest BCUT2D eigenvalue weighted by atomic mass is 10.2. The average Bonchev–Trinajstić information content (AvgIpc) is 2.58. The first kappa shape index (κ1) is 18.1. The van der Waals surface area contributed by atoms with E-state index < -0.39 is 16.4 Å². The van der Waals surface area contributed by atoms with Gasteiger partial charge in [0.05, 0.1) is 18.2 Å². The summed E-state index contributed by atoms with van der Waals surface area (Å²) in [5.74, 6) is -0.551. The maximum Gasteiger partial charge on any atom is 0.315 e. The van der Waals surface area contributed by atoms with E-state index in [4.69, 9.17) is 17.0 Å². The standard InChI is InChI=1S/C16H16N4O4S/c1-10-3-5-12(6-4-10)18-16(25)19-17-9-11-7-13(20(22)23)15(21)14(8-11)24-2/h3-9,21H,1-2H3,(H2,18,19,25)/b17-9-. The molecule has 0 saturated carbocycles. The number of methoxy groups -OCH3 is 1. The molecule has 2 aromatic carbocycles. The van der Waals surface area contributed by atoms with E-state index >= 15 is 0 Å². The fraction of sp³-hybridized carbons (Fsp3) is 0.125. The number of aromatic hydroxyl groups is 1. The monoisotopic (exact) mass is 360 g/mol. The molecular formula is C16H16N4O4S. The van der Waals surface area contributed by atoms with E-state index in [1.54, 1.807) is 0 Å². The van der Waals surface area contributed by atoms with Gasteiger partial charge < -0.3 is 15.2 Å². The molecular weight excluding hydrogens is 344 g/mol. The topological polar surface area (TPSA) is 109 Å². The highest BCUT2D eigenvalue weighted by molar-refractivity contribution is 7.80. The van der Waals surface area contributed by atoms with Crippen LogP contribution in [0.25, 0.3) is 0 Å². The van der Waals surface area contributed by atoms with Crippen molar-refractivity contribution in [1.29, 1.82) is 0 Å². The second kappa shape index (κ2) is 8.06. The highest BCUT2D eigenvalue weighted by atomic mass is 32.1. The number of hydrazone groups is 1. The van der Waals surface area contributed by atoms with E-state index in [0.717, 1.165) is 11.3 Å². The molecule has 3 N–H and O–H groups in total. The molecule has 0 aliphatic heterocycles. The average molecular weight is 360 g/mol. The Morgan fingerprint density at radius 3 is 2.64 bits per heavy atom. The number of benzene rings is 2. The van der Waals surface area contributed by atoms with Gasteiger partial charge in [-0.2, -0.15) is 5.10 Å². The Morgan fingerprint density at radius 2 is 2.04 bits per heavy atom. The SMILES string of the molecule is COc1cc(/C=N\NC(=S)Nc2ccc(C)cc2)cc([N+](=O)[O-])c1O. The van der Waals surface area contributed by atoms with Crippen LogP contribution in [-0.2, 0) is 0 Å². The third-order valence-electron chi connectivity index (χ3n) is 3.18. The summed E-state index contributed by atoms with van der Waals surface area (Å²) in [6.07, 6.45) is 1.33. The normalized spacial score (nSPS) is 10.5. The number of nitrogens with zero attached hydrogens (tertiary/aromatic N) is 2. The van der Waals surface area contributed by atoms with Crippen molar-refractivity contribution in [2.24, 2.45) is 5.10 Å². The number of ether oxygens (including phenoxy) is 1. The molecule has 130 valence electrons. The first-order valence-corrected chi connectivity index (χ1v) is 7.53. The summed E-state index contributed by atoms with van der Waals surface area (Å²) in [5.41, 5.74) is 4.44. The van der Waals surface area contributed by atoms with E-state index in [0.29, 0.717) is 5.56 Å². The van der Waals surface area contributed by atoms with Crippen molar-refractivity contribution in [1.82, 2.24) is 5.43 Å². The van der Waals surface area contributed by atoms with Crippen molar-refractivity contribution in [2.75, 3.05) is 12.4 Å². The summed E-state index contributed by atoms with van der Waals surface area (Å²) >= 11 is 5.11. The number of hydrogen-bond acceptors (Lipinski definition) is 6. The molecule has 0 aliphatic rings. The van der Waals surface area contributed by atoms with Crippen molar-refractivity contribution in [3.8, 4) is 11.5 Å². The minimum atomic E-state index is -0.702. The van der Waals surface area contributed by atoms with Gasteiger partial charge >= 0.3 is 5.69 Å². The maximum atomic E-state index is 11.0. The van der Waals surface area contributed by atoms with Gasteiger partial charge in [-0.05, 0) is 37.3 Å². The molecule has 0 heterocycles. The summed E-state index contributed by atoms with van der Waals surface area (Å²) in [7, 11) is 1.30. The number of nitro groups is 1. The molecule has 0 aromatic heterocycles. The van der Waals surface area contributed by atoms with Gasteiger partial charge in [-0.15, -0.1) is 0 Å². The van der Waals surface area contributed by atoms with E-state index in [9.17, 15) is 15.2 Å². The smallest absolute Gasteiger partial charge is 0.315 e. The number of nitrogens with one attached hydrogen (secondary N) is 2. The Hall–Kier alpha value is -3.20. The fourth-order valence-corrected chi connectivity index (χ4v) is 2.12. The van der Waals surface area contributed by atoms with E-state index in [-0.39, 0.29) is 10.9 Å². The molecule has 0 saturated heterocycles. The molecule has 9 heteroatoms. The molecule has 0 aliphatic carbocycles. The summed E-state index contributed by atoms with van der Waals surface area (Å²) in [6, 6.07) is 10.2. The third-order valence-corrected chi connectivity index (χ3v) is 3.38. The van der Waals surface area contributed by atoms with Gasteiger partial charge in [-0.1, -0.05) is 17.7 Å². The van der Waals surface area contributed by atoms with Crippen LogP contribution >= 0.6 is 12.2 Å². The Bertz CT molecular complexity index is 822. The second-order valence-electron chi connectivity index (χ2n) is 5.04. The Labute approximate surface area is 149 Å². The van der Waals surface area contributed by atoms with Crippen molar-refractivity contribution in [3.05, 3.63) is 57.6 Å². The predicted molar refractivity (Wildman–Crippen MR) is 99.4 cm³/mol. The highest BCUT2D eigenvalue weighted by Gasteiger charge is 2.19. The van der Waals surface area contributed by atoms with Crippen LogP contribution in [-0.4, -0.2) is 28.5 Å². The van der Waals surface area contributed by atoms with Gasteiger partial charge in [0.2, 0.25) is 5.75 Å². The maximum absolute atomic E-state index is 11.0. The number of aryl methyl sites for hydroxylation is 1. The first-order valence-electron chi connectivity index (χ1n) is 7.13. The molecule has 2 aromatic rings. The second-order valence-corrected chi connectivity index (χ2v) is 5.45. The van der Waals surface area contributed by atoms with E-state index in [1.807, 2.05) is 31.2 Å². The molecule has 25 heavy (non-hydrogen) atoms. The van der Waals surface area contributed by atoms with Crippen LogP contribution in [0.1, 0.15) is 11.1 Å². The molecule has 0 atom stereocenters. The van der Waals surface area contributed by atoms with Crippen LogP contribution in [0, 0.1) is 17.0 Å². The van der Waals surface area contributed by atoms with Crippen LogP contribution in [0.5, 0.6) is 11.5 Å². The zero-order valence-electron chi connectivity index (χ0n) is 13.5. The Kier molecular flexibility index (Phi) is 5.85. The zero-order chi connectivity index (χ0) is 18.4. The molecule has 0 bridgehead atoms. The molecule has 8 nitrogen and oxygen atoms in total. The Morgan fingerprint density at radius 1 is 1.36 bits per heavy atom. The van der Waals surface area contributed by atoms with Gasteiger partial charge in [0.25, 0.3) is 0 Å². The fourth-order valence-electron chi connectivity index (χ4n) is 1.94. The van der Waals surface area contributed by atoms with Crippen molar-refractivity contribution in [3.63, 3.8) is 0 Å². The molecule has 0 radical (unpaired) electrons. The number of hydrogen-bond donors (Lipinski definition) is 3. The quantitative estimate of drug-likeness (QED) is 0.325. The summed E-state index contributed by atoms with van der Waals surface area (Å²) in [6.45, 7) is 1.98. The lowest BCUT2D eigenvalue weighted by molar-refractivity contribution is -0.386. The van der Waals surface area contributed by atoms with Gasteiger partial charge in [0.1, 0.15) is 0 Å². The third kappa shape index (κ3) is 4.88. The van der Waals surface area contributed by atoms with Gasteiger partial charge in [-0.3, -0.25) is 15.5 Å². The largest absolute Gasteiger partial charge is 0.500 e. The lowest BCUT2D eigenvalue weighted by Gasteiger charge is -2.07. The lowest BCUT2D eigenvalue weighted by Crippen LogP contribution is -2.23. The van der Waals surface area contributed by atoms with Crippen molar-refractivity contribution >= 4 is 34.9 Å². The summed E-state index contributed by atoms with van der Waals surface area (Å²) < 4.78 is 4.92. The highest BCUT2D eigenvalue weighted by Crippen LogP contribution is 2.36. The first-order chi connectivity index (χ1) is 11.9. The predicted octanol–water partition coefficient (Wildman–Crippen LogP) is 2.94. The number of nitro benzene ring substituents is 1. The summed E-state index contributed by atoms with van der Waals surface area (Å²) in [5, 5.41) is 27.8. The molecule has 0 fully saturated rings. The van der Waals surface area contributed by atoms with Crippen molar-refractivity contribution in [2.45, 2.75) is 6.92 Å². The molecule has 2 rings (SSSR count). The zero-order valence-corrected chi connectivity index (χ0v) is 14.3. The van der Waals surface area contributed by atoms with Crippen molar-refractivity contribution < 1.29 is 14.8 Å². The van der Waals surface area contributed by atoms with Crippen LogP contribution in [0.4, 0.5) is 11.4 Å². The van der Waals surface area contributed by atoms with Gasteiger partial charge in [-0.25, -0.2) is 0 Å². The van der Waals surface area contributed by atoms with E-state index in [2.05, 4.69) is 15.8 Å². The number of thiocarbonyl (C=S) groups is 1. The minimum Gasteiger partial charge on any atom is -0.500 e.